The predicted molar refractivity (Wildman–Crippen MR) is 84.0 cm³/mol. The average molecular weight is 309 g/mol. The summed E-state index contributed by atoms with van der Waals surface area (Å²) in [6.07, 6.45) is 5.85. The molecule has 0 saturated heterocycles. The van der Waals surface area contributed by atoms with Gasteiger partial charge in [0.1, 0.15) is 0 Å². The number of carbonyl (C=O) groups excluding carboxylic acids is 1. The van der Waals surface area contributed by atoms with Crippen LogP contribution in [0.25, 0.3) is 0 Å². The fourth-order valence-corrected chi connectivity index (χ4v) is 4.53. The standard InChI is InChI=1S/C16H23NO3S/c1-2-3-8-16(18)17-13-9-11-15(12-10-13)21(19,20)14-6-4-5-7-14/h9-12,14H,2-8H2,1H3,(H,17,18). The van der Waals surface area contributed by atoms with Gasteiger partial charge in [-0.1, -0.05) is 26.2 Å². The summed E-state index contributed by atoms with van der Waals surface area (Å²) in [7, 11) is -3.21. The number of benzene rings is 1. The Morgan fingerprint density at radius 3 is 2.38 bits per heavy atom. The van der Waals surface area contributed by atoms with E-state index >= 15 is 0 Å². The first kappa shape index (κ1) is 16.0. The Kier molecular flexibility index (Phi) is 5.39. The maximum absolute atomic E-state index is 12.4. The Hall–Kier alpha value is -1.36. The lowest BCUT2D eigenvalue weighted by molar-refractivity contribution is -0.116. The molecule has 0 aromatic heterocycles. The van der Waals surface area contributed by atoms with Gasteiger partial charge in [0.15, 0.2) is 9.84 Å². The minimum atomic E-state index is -3.21. The van der Waals surface area contributed by atoms with Crippen molar-refractivity contribution in [2.45, 2.75) is 62.0 Å². The number of carbonyl (C=O) groups is 1. The van der Waals surface area contributed by atoms with Crippen molar-refractivity contribution in [2.75, 3.05) is 5.32 Å². The highest BCUT2D eigenvalue weighted by Crippen LogP contribution is 2.30. The molecule has 1 amide bonds. The second-order valence-electron chi connectivity index (χ2n) is 5.63. The van der Waals surface area contributed by atoms with Gasteiger partial charge in [-0.3, -0.25) is 4.79 Å². The summed E-state index contributed by atoms with van der Waals surface area (Å²) in [5.41, 5.74) is 0.654. The van der Waals surface area contributed by atoms with E-state index in [0.717, 1.165) is 38.5 Å². The summed E-state index contributed by atoms with van der Waals surface area (Å²) < 4.78 is 24.8. The summed E-state index contributed by atoms with van der Waals surface area (Å²) in [5, 5.41) is 2.56. The molecule has 0 atom stereocenters. The molecular weight excluding hydrogens is 286 g/mol. The number of amides is 1. The molecule has 0 spiro atoms. The predicted octanol–water partition coefficient (Wildman–Crippen LogP) is 3.53. The fraction of sp³-hybridized carbons (Fsp3) is 0.562. The van der Waals surface area contributed by atoms with E-state index in [0.29, 0.717) is 17.0 Å². The third-order valence-electron chi connectivity index (χ3n) is 3.97. The van der Waals surface area contributed by atoms with Gasteiger partial charge in [0.2, 0.25) is 5.91 Å². The van der Waals surface area contributed by atoms with Crippen molar-refractivity contribution >= 4 is 21.4 Å². The summed E-state index contributed by atoms with van der Waals surface area (Å²) in [5.74, 6) is -0.0248. The molecule has 116 valence electrons. The summed E-state index contributed by atoms with van der Waals surface area (Å²) in [4.78, 5) is 12.0. The van der Waals surface area contributed by atoms with Crippen LogP contribution in [-0.4, -0.2) is 19.6 Å². The van der Waals surface area contributed by atoms with E-state index in [1.54, 1.807) is 24.3 Å². The van der Waals surface area contributed by atoms with Gasteiger partial charge in [-0.2, -0.15) is 0 Å². The molecule has 5 heteroatoms. The van der Waals surface area contributed by atoms with Crippen LogP contribution >= 0.6 is 0 Å². The molecule has 0 heterocycles. The smallest absolute Gasteiger partial charge is 0.224 e. The monoisotopic (exact) mass is 309 g/mol. The molecular formula is C16H23NO3S. The van der Waals surface area contributed by atoms with Crippen molar-refractivity contribution in [3.05, 3.63) is 24.3 Å². The molecule has 2 rings (SSSR count). The third kappa shape index (κ3) is 4.06. The van der Waals surface area contributed by atoms with Gasteiger partial charge in [-0.05, 0) is 43.5 Å². The molecule has 21 heavy (non-hydrogen) atoms. The molecule has 4 nitrogen and oxygen atoms in total. The number of nitrogens with one attached hydrogen (secondary N) is 1. The van der Waals surface area contributed by atoms with E-state index in [1.165, 1.54) is 0 Å². The van der Waals surface area contributed by atoms with E-state index in [9.17, 15) is 13.2 Å². The SMILES string of the molecule is CCCCC(=O)Nc1ccc(S(=O)(=O)C2CCCC2)cc1. The van der Waals surface area contributed by atoms with E-state index in [4.69, 9.17) is 0 Å². The Morgan fingerprint density at radius 1 is 1.19 bits per heavy atom. The van der Waals surface area contributed by atoms with Gasteiger partial charge in [0.25, 0.3) is 0 Å². The summed E-state index contributed by atoms with van der Waals surface area (Å²) in [6, 6.07) is 6.55. The molecule has 1 fully saturated rings. The molecule has 1 aromatic carbocycles. The fourth-order valence-electron chi connectivity index (χ4n) is 2.68. The Balaban J connectivity index is 2.03. The lowest BCUT2D eigenvalue weighted by Gasteiger charge is -2.12. The minimum absolute atomic E-state index is 0.0248. The number of anilines is 1. The first-order chi connectivity index (χ1) is 10.0. The first-order valence-electron chi connectivity index (χ1n) is 7.68. The van der Waals surface area contributed by atoms with Crippen LogP contribution < -0.4 is 5.32 Å². The lowest BCUT2D eigenvalue weighted by atomic mass is 10.2. The average Bonchev–Trinajstić information content (AvgIpc) is 3.00. The van der Waals surface area contributed by atoms with E-state index in [-0.39, 0.29) is 11.2 Å². The third-order valence-corrected chi connectivity index (χ3v) is 6.24. The molecule has 1 saturated carbocycles. The maximum atomic E-state index is 12.4. The molecule has 0 unspecified atom stereocenters. The highest BCUT2D eigenvalue weighted by molar-refractivity contribution is 7.92. The van der Waals surface area contributed by atoms with Crippen LogP contribution in [-0.2, 0) is 14.6 Å². The Morgan fingerprint density at radius 2 is 1.81 bits per heavy atom. The van der Waals surface area contributed by atoms with Crippen LogP contribution in [0.1, 0.15) is 51.9 Å². The van der Waals surface area contributed by atoms with Gasteiger partial charge in [0.05, 0.1) is 10.1 Å². The van der Waals surface area contributed by atoms with Crippen LogP contribution in [0.5, 0.6) is 0 Å². The van der Waals surface area contributed by atoms with Gasteiger partial charge < -0.3 is 5.32 Å². The zero-order valence-corrected chi connectivity index (χ0v) is 13.3. The van der Waals surface area contributed by atoms with Crippen LogP contribution in [0.2, 0.25) is 0 Å². The number of hydrogen-bond donors (Lipinski definition) is 1. The second kappa shape index (κ2) is 7.07. The normalized spacial score (nSPS) is 16.0. The molecule has 0 bridgehead atoms. The molecule has 1 aliphatic rings. The van der Waals surface area contributed by atoms with Crippen LogP contribution in [0.3, 0.4) is 0 Å². The second-order valence-corrected chi connectivity index (χ2v) is 7.86. The quantitative estimate of drug-likeness (QED) is 0.874. The van der Waals surface area contributed by atoms with Crippen LogP contribution in [0.15, 0.2) is 29.2 Å². The summed E-state index contributed by atoms with van der Waals surface area (Å²) in [6.45, 7) is 2.04. The van der Waals surface area contributed by atoms with E-state index in [2.05, 4.69) is 5.32 Å². The zero-order chi connectivity index (χ0) is 15.3. The maximum Gasteiger partial charge on any atom is 0.224 e. The largest absolute Gasteiger partial charge is 0.326 e. The number of rotatable bonds is 6. The van der Waals surface area contributed by atoms with Crippen LogP contribution in [0.4, 0.5) is 5.69 Å². The van der Waals surface area contributed by atoms with Crippen molar-refractivity contribution < 1.29 is 13.2 Å². The molecule has 0 aliphatic heterocycles. The minimum Gasteiger partial charge on any atom is -0.326 e. The van der Waals surface area contributed by atoms with Crippen molar-refractivity contribution in [3.8, 4) is 0 Å². The molecule has 1 aliphatic carbocycles. The highest BCUT2D eigenvalue weighted by atomic mass is 32.2. The Labute approximate surface area is 126 Å². The van der Waals surface area contributed by atoms with Gasteiger partial charge >= 0.3 is 0 Å². The highest BCUT2D eigenvalue weighted by Gasteiger charge is 2.30. The Bertz CT molecular complexity index is 572. The zero-order valence-electron chi connectivity index (χ0n) is 12.5. The van der Waals surface area contributed by atoms with Crippen molar-refractivity contribution in [2.24, 2.45) is 0 Å². The summed E-state index contributed by atoms with van der Waals surface area (Å²) >= 11 is 0. The van der Waals surface area contributed by atoms with Crippen molar-refractivity contribution in [1.29, 1.82) is 0 Å². The molecule has 1 N–H and O–H groups in total. The lowest BCUT2D eigenvalue weighted by Crippen LogP contribution is -2.18. The number of hydrogen-bond acceptors (Lipinski definition) is 3. The van der Waals surface area contributed by atoms with Crippen molar-refractivity contribution in [1.82, 2.24) is 0 Å². The van der Waals surface area contributed by atoms with E-state index in [1.807, 2.05) is 6.92 Å². The number of unbranched alkanes of at least 4 members (excludes halogenated alkanes) is 1. The molecule has 0 radical (unpaired) electrons. The number of sulfone groups is 1. The van der Waals surface area contributed by atoms with Gasteiger partial charge in [0, 0.05) is 12.1 Å². The van der Waals surface area contributed by atoms with E-state index < -0.39 is 9.84 Å². The first-order valence-corrected chi connectivity index (χ1v) is 9.22. The topological polar surface area (TPSA) is 63.2 Å². The van der Waals surface area contributed by atoms with Crippen LogP contribution in [0, 0.1) is 0 Å². The molecule has 1 aromatic rings. The van der Waals surface area contributed by atoms with Gasteiger partial charge in [-0.25, -0.2) is 8.42 Å². The van der Waals surface area contributed by atoms with Gasteiger partial charge in [-0.15, -0.1) is 0 Å². The van der Waals surface area contributed by atoms with Crippen molar-refractivity contribution in [3.63, 3.8) is 0 Å².